The third-order valence-electron chi connectivity index (χ3n) is 7.91. The van der Waals surface area contributed by atoms with E-state index in [-0.39, 0.29) is 19.1 Å². The second-order valence-corrected chi connectivity index (χ2v) is 9.81. The van der Waals surface area contributed by atoms with E-state index in [1.54, 1.807) is 30.3 Å². The predicted octanol–water partition coefficient (Wildman–Crippen LogP) is 2.87. The molecule has 1 aromatic rings. The smallest absolute Gasteiger partial charge is 0.310 e. The SMILES string of the molecule is C=CCN(C(=O)C1N([C@@H](CC)CO)C(=O)[C@@H]2[C@@H](C(=O)O)[C@@]3(CC)CCC12O3)c1ccc(Cl)cc1. The molecule has 3 aliphatic heterocycles. The van der Waals surface area contributed by atoms with Crippen molar-refractivity contribution in [3.8, 4) is 0 Å². The fourth-order valence-electron chi connectivity index (χ4n) is 6.34. The van der Waals surface area contributed by atoms with Crippen LogP contribution in [-0.4, -0.2) is 69.3 Å². The number of benzene rings is 1. The van der Waals surface area contributed by atoms with Crippen LogP contribution in [-0.2, 0) is 19.1 Å². The molecule has 3 fully saturated rings. The average molecular weight is 491 g/mol. The summed E-state index contributed by atoms with van der Waals surface area (Å²) in [4.78, 5) is 43.4. The number of carbonyl (C=O) groups is 3. The topological polar surface area (TPSA) is 107 Å². The Balaban J connectivity index is 1.86. The minimum Gasteiger partial charge on any atom is -0.481 e. The number of halogens is 1. The van der Waals surface area contributed by atoms with Crippen molar-refractivity contribution in [3.05, 3.63) is 41.9 Å². The Morgan fingerprint density at radius 2 is 2.00 bits per heavy atom. The van der Waals surface area contributed by atoms with E-state index in [1.807, 2.05) is 13.8 Å². The molecule has 3 aliphatic rings. The van der Waals surface area contributed by atoms with Gasteiger partial charge in [-0.2, -0.15) is 0 Å². The van der Waals surface area contributed by atoms with Crippen LogP contribution in [0.25, 0.3) is 0 Å². The first-order valence-corrected chi connectivity index (χ1v) is 12.1. The number of aliphatic hydroxyl groups excluding tert-OH is 1. The second-order valence-electron chi connectivity index (χ2n) is 9.38. The molecule has 0 saturated carbocycles. The summed E-state index contributed by atoms with van der Waals surface area (Å²) in [5.74, 6) is -3.94. The first-order valence-electron chi connectivity index (χ1n) is 11.7. The standard InChI is InChI=1S/C25H31ClN2O6/c1-4-13-27(17-9-7-15(26)8-10-17)22(31)20-25-12-11-24(6-3,34-25)19(23(32)33)18(25)21(30)28(20)16(5-2)14-29/h4,7-10,16,18-20,29H,1,5-6,11-14H2,2-3H3,(H,32,33)/t16-,18-,19-,20?,24+,25?/m0/s1. The highest BCUT2D eigenvalue weighted by Crippen LogP contribution is 2.64. The summed E-state index contributed by atoms with van der Waals surface area (Å²) >= 11 is 6.04. The van der Waals surface area contributed by atoms with Crippen LogP contribution in [0.4, 0.5) is 5.69 Å². The molecule has 2 unspecified atom stereocenters. The molecule has 0 radical (unpaired) electrons. The van der Waals surface area contributed by atoms with E-state index in [9.17, 15) is 24.6 Å². The van der Waals surface area contributed by atoms with Gasteiger partial charge in [0.1, 0.15) is 17.6 Å². The van der Waals surface area contributed by atoms with E-state index >= 15 is 0 Å². The first-order chi connectivity index (χ1) is 16.2. The van der Waals surface area contributed by atoms with Crippen molar-refractivity contribution >= 4 is 35.1 Å². The zero-order valence-corrected chi connectivity index (χ0v) is 20.2. The number of likely N-dealkylation sites (tertiary alicyclic amines) is 1. The number of hydrogen-bond acceptors (Lipinski definition) is 5. The Bertz CT molecular complexity index is 996. The lowest BCUT2D eigenvalue weighted by atomic mass is 9.65. The van der Waals surface area contributed by atoms with Gasteiger partial charge in [0.2, 0.25) is 5.91 Å². The second kappa shape index (κ2) is 8.98. The van der Waals surface area contributed by atoms with Gasteiger partial charge in [-0.05, 0) is 49.9 Å². The largest absolute Gasteiger partial charge is 0.481 e. The van der Waals surface area contributed by atoms with Gasteiger partial charge in [-0.15, -0.1) is 6.58 Å². The molecular formula is C25H31ClN2O6. The third-order valence-corrected chi connectivity index (χ3v) is 8.16. The van der Waals surface area contributed by atoms with Gasteiger partial charge in [0, 0.05) is 17.3 Å². The number of nitrogens with zero attached hydrogens (tertiary/aromatic N) is 2. The third kappa shape index (κ3) is 3.38. The van der Waals surface area contributed by atoms with Gasteiger partial charge in [0.25, 0.3) is 5.91 Å². The number of carbonyl (C=O) groups excluding carboxylic acids is 2. The highest BCUT2D eigenvalue weighted by Gasteiger charge is 2.79. The summed E-state index contributed by atoms with van der Waals surface area (Å²) in [6.45, 7) is 7.29. The monoisotopic (exact) mass is 490 g/mol. The van der Waals surface area contributed by atoms with E-state index in [4.69, 9.17) is 16.3 Å². The molecular weight excluding hydrogens is 460 g/mol. The van der Waals surface area contributed by atoms with E-state index in [1.165, 1.54) is 9.80 Å². The summed E-state index contributed by atoms with van der Waals surface area (Å²) in [6.07, 6.45) is 3.29. The molecule has 3 saturated heterocycles. The molecule has 8 nitrogen and oxygen atoms in total. The number of rotatable bonds is 9. The molecule has 184 valence electrons. The molecule has 9 heteroatoms. The Morgan fingerprint density at radius 3 is 2.53 bits per heavy atom. The van der Waals surface area contributed by atoms with Gasteiger partial charge < -0.3 is 24.7 Å². The summed E-state index contributed by atoms with van der Waals surface area (Å²) < 4.78 is 6.53. The fourth-order valence-corrected chi connectivity index (χ4v) is 6.46. The molecule has 34 heavy (non-hydrogen) atoms. The number of amides is 2. The average Bonchev–Trinajstić information content (AvgIpc) is 3.43. The normalized spacial score (nSPS) is 32.5. The zero-order valence-electron chi connectivity index (χ0n) is 19.4. The van der Waals surface area contributed by atoms with Crippen molar-refractivity contribution < 1.29 is 29.3 Å². The van der Waals surface area contributed by atoms with Crippen LogP contribution in [0, 0.1) is 11.8 Å². The summed E-state index contributed by atoms with van der Waals surface area (Å²) in [7, 11) is 0. The van der Waals surface area contributed by atoms with Crippen LogP contribution in [0.3, 0.4) is 0 Å². The Hall–Kier alpha value is -2.42. The van der Waals surface area contributed by atoms with Crippen molar-refractivity contribution in [2.24, 2.45) is 11.8 Å². The summed E-state index contributed by atoms with van der Waals surface area (Å²) in [5, 5.41) is 20.7. The van der Waals surface area contributed by atoms with Crippen molar-refractivity contribution in [3.63, 3.8) is 0 Å². The van der Waals surface area contributed by atoms with Crippen molar-refractivity contribution in [1.29, 1.82) is 0 Å². The van der Waals surface area contributed by atoms with E-state index in [2.05, 4.69) is 6.58 Å². The highest BCUT2D eigenvalue weighted by molar-refractivity contribution is 6.30. The number of aliphatic carboxylic acids is 1. The van der Waals surface area contributed by atoms with Crippen molar-refractivity contribution in [2.75, 3.05) is 18.1 Å². The van der Waals surface area contributed by atoms with Gasteiger partial charge in [0.05, 0.1) is 24.2 Å². The lowest BCUT2D eigenvalue weighted by Gasteiger charge is -2.39. The maximum absolute atomic E-state index is 14.2. The van der Waals surface area contributed by atoms with E-state index in [0.29, 0.717) is 36.4 Å². The number of hydrogen-bond donors (Lipinski definition) is 2. The fraction of sp³-hybridized carbons (Fsp3) is 0.560. The van der Waals surface area contributed by atoms with Crippen molar-refractivity contribution in [2.45, 2.75) is 62.8 Å². The molecule has 2 N–H and O–H groups in total. The molecule has 1 spiro atoms. The minimum atomic E-state index is -1.26. The van der Waals surface area contributed by atoms with Crippen molar-refractivity contribution in [1.82, 2.24) is 4.90 Å². The number of ether oxygens (including phenoxy) is 1. The molecule has 0 aromatic heterocycles. The lowest BCUT2D eigenvalue weighted by molar-refractivity contribution is -0.157. The van der Waals surface area contributed by atoms with Crippen LogP contribution < -0.4 is 4.90 Å². The van der Waals surface area contributed by atoms with Crippen LogP contribution in [0.5, 0.6) is 0 Å². The van der Waals surface area contributed by atoms with Gasteiger partial charge in [0.15, 0.2) is 0 Å². The maximum atomic E-state index is 14.2. The quantitative estimate of drug-likeness (QED) is 0.515. The lowest BCUT2D eigenvalue weighted by Crippen LogP contribution is -2.59. The van der Waals surface area contributed by atoms with Gasteiger partial charge in [-0.25, -0.2) is 0 Å². The number of aliphatic hydroxyl groups is 1. The molecule has 6 atom stereocenters. The van der Waals surface area contributed by atoms with Gasteiger partial charge in [-0.1, -0.05) is 31.5 Å². The van der Waals surface area contributed by atoms with Gasteiger partial charge in [-0.3, -0.25) is 14.4 Å². The Kier molecular flexibility index (Phi) is 6.52. The molecule has 2 amide bonds. The minimum absolute atomic E-state index is 0.178. The molecule has 3 heterocycles. The number of carboxylic acid groups (broad SMARTS) is 1. The molecule has 2 bridgehead atoms. The van der Waals surface area contributed by atoms with Crippen LogP contribution in [0.2, 0.25) is 5.02 Å². The first kappa shape index (κ1) is 24.7. The Morgan fingerprint density at radius 1 is 1.32 bits per heavy atom. The van der Waals surface area contributed by atoms with E-state index in [0.717, 1.165) is 0 Å². The predicted molar refractivity (Wildman–Crippen MR) is 126 cm³/mol. The summed E-state index contributed by atoms with van der Waals surface area (Å²) in [6, 6.07) is 5.08. The van der Waals surface area contributed by atoms with Crippen LogP contribution >= 0.6 is 11.6 Å². The number of carboxylic acids is 1. The number of anilines is 1. The van der Waals surface area contributed by atoms with Gasteiger partial charge >= 0.3 is 5.97 Å². The molecule has 4 rings (SSSR count). The number of fused-ring (bicyclic) bond motifs is 1. The van der Waals surface area contributed by atoms with Crippen LogP contribution in [0.15, 0.2) is 36.9 Å². The van der Waals surface area contributed by atoms with Crippen LogP contribution in [0.1, 0.15) is 39.5 Å². The molecule has 1 aromatic carbocycles. The van der Waals surface area contributed by atoms with E-state index < -0.39 is 47.0 Å². The summed E-state index contributed by atoms with van der Waals surface area (Å²) in [5.41, 5.74) is -1.67. The maximum Gasteiger partial charge on any atom is 0.310 e. The zero-order chi connectivity index (χ0) is 24.8. The molecule has 0 aliphatic carbocycles. The Labute approximate surface area is 204 Å². The highest BCUT2D eigenvalue weighted by atomic mass is 35.5.